The Morgan fingerprint density at radius 3 is 1.12 bits per heavy atom. The lowest BCUT2D eigenvalue weighted by Crippen LogP contribution is -2.36. The molecule has 35 heteroatoms. The van der Waals surface area contributed by atoms with Crippen molar-refractivity contribution in [1.29, 1.82) is 0 Å². The summed E-state index contributed by atoms with van der Waals surface area (Å²) >= 11 is 17.8. The third-order valence-corrected chi connectivity index (χ3v) is 20.7. The van der Waals surface area contributed by atoms with E-state index in [9.17, 15) is 15.3 Å². The number of nitrogens with zero attached hydrogens (tertiary/aromatic N) is 13. The van der Waals surface area contributed by atoms with Crippen LogP contribution in [0.1, 0.15) is 186 Å². The predicted octanol–water partition coefficient (Wildman–Crippen LogP) is 17.0. The van der Waals surface area contributed by atoms with Gasteiger partial charge in [0, 0.05) is 85.0 Å². The first kappa shape index (κ1) is 109. The number of aryl methyl sites for hydroxylation is 4. The summed E-state index contributed by atoms with van der Waals surface area (Å²) in [5.41, 5.74) is 34.1. The predicted molar refractivity (Wildman–Crippen MR) is 519 cm³/mol. The lowest BCUT2D eigenvalue weighted by molar-refractivity contribution is 0.185. The number of aromatic nitrogens is 12. The van der Waals surface area contributed by atoms with E-state index in [1.165, 1.54) is 0 Å². The van der Waals surface area contributed by atoms with Crippen molar-refractivity contribution in [2.45, 2.75) is 230 Å². The van der Waals surface area contributed by atoms with Crippen LogP contribution in [-0.4, -0.2) is 197 Å². The van der Waals surface area contributed by atoms with Crippen LogP contribution in [0.2, 0.25) is 15.5 Å². The van der Waals surface area contributed by atoms with Crippen molar-refractivity contribution >= 4 is 120 Å². The summed E-state index contributed by atoms with van der Waals surface area (Å²) in [6, 6.07) is 25.3. The van der Waals surface area contributed by atoms with E-state index in [1.54, 1.807) is 67.2 Å². The highest BCUT2D eigenvalue weighted by Gasteiger charge is 2.21. The molecule has 0 amide bonds. The molecule has 698 valence electrons. The van der Waals surface area contributed by atoms with Gasteiger partial charge in [0.2, 0.25) is 23.8 Å². The Morgan fingerprint density at radius 1 is 0.402 bits per heavy atom. The molecule has 0 unspecified atom stereocenters. The number of ether oxygens (including phenoxy) is 6. The molecule has 0 aliphatic heterocycles. The molecule has 17 N–H and O–H groups in total. The van der Waals surface area contributed by atoms with E-state index in [2.05, 4.69) is 154 Å². The van der Waals surface area contributed by atoms with Crippen molar-refractivity contribution in [1.82, 2.24) is 64.7 Å². The topological polar surface area (TPSA) is 458 Å². The lowest BCUT2D eigenvalue weighted by Gasteiger charge is -2.28. The maximum absolute atomic E-state index is 9.82. The van der Waals surface area contributed by atoms with Crippen molar-refractivity contribution < 1.29 is 48.8 Å². The minimum absolute atomic E-state index is 0. The number of nitrogen functional groups attached to an aromatic ring is 2. The summed E-state index contributed by atoms with van der Waals surface area (Å²) in [7, 11) is 9.74. The van der Waals surface area contributed by atoms with Gasteiger partial charge in [0.25, 0.3) is 0 Å². The van der Waals surface area contributed by atoms with Crippen LogP contribution in [0.3, 0.4) is 0 Å². The smallest absolute Gasteiger partial charge is 0.225 e. The lowest BCUT2D eigenvalue weighted by atomic mass is 10.1. The van der Waals surface area contributed by atoms with Gasteiger partial charge in [0.1, 0.15) is 66.9 Å². The fourth-order valence-electron chi connectivity index (χ4n) is 13.0. The molecule has 0 bridgehead atoms. The molecule has 0 radical (unpaired) electrons. The van der Waals surface area contributed by atoms with E-state index in [0.29, 0.717) is 110 Å². The summed E-state index contributed by atoms with van der Waals surface area (Å²) in [5.74, 6) is 7.47. The first-order chi connectivity index (χ1) is 60.5. The number of fused-ring (bicyclic) bond motifs is 4. The van der Waals surface area contributed by atoms with Gasteiger partial charge in [0.15, 0.2) is 22.6 Å². The van der Waals surface area contributed by atoms with E-state index in [4.69, 9.17) is 91.3 Å². The molecule has 11 rings (SSSR count). The second-order valence-corrected chi connectivity index (χ2v) is 31.3. The fourth-order valence-corrected chi connectivity index (χ4v) is 13.7. The summed E-state index contributed by atoms with van der Waals surface area (Å²) in [4.78, 5) is 54.7. The van der Waals surface area contributed by atoms with E-state index in [-0.39, 0.29) is 75.1 Å². The van der Waals surface area contributed by atoms with Gasteiger partial charge in [-0.25, -0.2) is 29.9 Å². The highest BCUT2D eigenvalue weighted by atomic mass is 35.5. The molecule has 0 saturated carbocycles. The number of aliphatic hydroxyl groups excluding tert-OH is 4. The maximum atomic E-state index is 9.82. The number of nitrogens with two attached hydrogens (primary N) is 4. The van der Waals surface area contributed by atoms with Crippen LogP contribution in [0.25, 0.3) is 44.1 Å². The number of aliphatic hydroxyl groups is 4. The molecular weight excluding hydrogens is 1680 g/mol. The van der Waals surface area contributed by atoms with Crippen molar-refractivity contribution in [2.24, 2.45) is 11.5 Å². The second-order valence-electron chi connectivity index (χ2n) is 30.2. The maximum Gasteiger partial charge on any atom is 0.225 e. The first-order valence-corrected chi connectivity index (χ1v) is 43.8. The van der Waals surface area contributed by atoms with Crippen LogP contribution in [0.15, 0.2) is 91.3 Å². The number of pyridine rings is 4. The molecule has 8 heterocycles. The van der Waals surface area contributed by atoms with Gasteiger partial charge in [-0.1, -0.05) is 134 Å². The van der Waals surface area contributed by atoms with Crippen molar-refractivity contribution in [3.63, 3.8) is 0 Å². The Bertz CT molecular complexity index is 5040. The Hall–Kier alpha value is -10.4. The average Bonchev–Trinajstić information content (AvgIpc) is 0.792. The van der Waals surface area contributed by atoms with Crippen LogP contribution in [-0.2, 0) is 19.6 Å². The molecule has 0 aliphatic rings. The Morgan fingerprint density at radius 2 is 0.756 bits per heavy atom. The van der Waals surface area contributed by atoms with Gasteiger partial charge < -0.3 is 98.4 Å². The van der Waals surface area contributed by atoms with E-state index in [1.807, 2.05) is 94.4 Å². The molecule has 127 heavy (non-hydrogen) atoms. The van der Waals surface area contributed by atoms with Gasteiger partial charge in [0.05, 0.1) is 109 Å². The molecule has 0 aliphatic carbocycles. The van der Waals surface area contributed by atoms with E-state index in [0.717, 1.165) is 162 Å². The zero-order chi connectivity index (χ0) is 93.0. The Balaban J connectivity index is 0.000000328. The van der Waals surface area contributed by atoms with Crippen LogP contribution < -0.4 is 77.9 Å². The summed E-state index contributed by atoms with van der Waals surface area (Å²) in [6.07, 6.45) is 15.5. The highest BCUT2D eigenvalue weighted by molar-refractivity contribution is 6.34. The Labute approximate surface area is 765 Å². The molecule has 8 aromatic heterocycles. The normalized spacial score (nSPS) is 11.7. The van der Waals surface area contributed by atoms with Crippen molar-refractivity contribution in [2.75, 3.05) is 114 Å². The van der Waals surface area contributed by atoms with Gasteiger partial charge in [-0.3, -0.25) is 14.9 Å². The molecule has 3 aromatic carbocycles. The number of rotatable bonds is 38. The van der Waals surface area contributed by atoms with Crippen LogP contribution in [0.4, 0.5) is 41.2 Å². The first-order valence-electron chi connectivity index (χ1n) is 42.7. The monoisotopic (exact) mass is 1820 g/mol. The summed E-state index contributed by atoms with van der Waals surface area (Å²) < 4.78 is 31.7. The minimum atomic E-state index is -0.135. The number of unbranched alkanes of at least 4 members (excludes halogenated alkanes) is 4. The van der Waals surface area contributed by atoms with Crippen molar-refractivity contribution in [3.05, 3.63) is 146 Å². The molecule has 0 spiro atoms. The number of nitrogens with one attached hydrogen (secondary N) is 5. The number of methoxy groups -OCH3 is 6. The highest BCUT2D eigenvalue weighted by Crippen LogP contribution is 2.33. The van der Waals surface area contributed by atoms with Crippen LogP contribution in [0.5, 0.6) is 34.5 Å². The number of anilines is 7. The Kier molecular flexibility index (Phi) is 49.9. The largest absolute Gasteiger partial charge is 0.497 e. The zero-order valence-corrected chi connectivity index (χ0v) is 79.0. The average molecular weight is 1820 g/mol. The minimum Gasteiger partial charge on any atom is -0.497 e. The van der Waals surface area contributed by atoms with Gasteiger partial charge in [-0.05, 0) is 164 Å². The number of benzene rings is 3. The fraction of sp³-hybridized carbons (Fsp3) is 0.500. The standard InChI is InChI=1S/C23H30ClN5O3.C23H31N5O3.C14H21N5O.C9H13NO2.C8H6Cl2N4.C8H19N.C6H15NO.CH4/c1-5-6-7-16(13-30)26-22-21-20(14(2)10-19(24)27-21)28-23(29-22)25-12-15-8-9-17(31-3)11-18(15)32-4;1-5-6-7-17(14-29)26-22-21-20(15(2)10-11-24-21)27-23(28-22)25-13-16-8-9-18(30-3)12-19(16)31-4;1-3-4-5-10(8-20)17-13-12-11(18-14(15)19-13)9(2)6-7-16-12;1-11-8-4-3-7(6-10)9(5-8)12-2;1-3-2-4(9)12-6-5(3)13-8(11)14-7(6)10;1-6-9(7(2)3)8(4)5;1-2-3-4-6(7)5-8;/h8-11,16,30H,5-7,12-13H2,1-4H3,(H2,25,26,28,29);8-12,17,29H,5-7,13-14H2,1-4H3,(H2,25,26,27,28);6-7,10,20H,3-5,8H2,1-2H3,(H3,15,17,18,19);3-5H,6,10H2,1-2H3;2H,1H3,(H2,11,13,14);7-8H,6H2,1-5H3;6,8H,2-5,7H2,1H3;1H4/t16-;17-;10-;;;;6-;/m111...1./s1. The zero-order valence-electron chi connectivity index (χ0n) is 76.8. The molecule has 4 atom stereocenters. The second kappa shape index (κ2) is 58.1. The molecule has 0 saturated heterocycles. The molecule has 0 fully saturated rings. The van der Waals surface area contributed by atoms with Crippen molar-refractivity contribution in [3.8, 4) is 34.5 Å². The van der Waals surface area contributed by atoms with Crippen LogP contribution >= 0.6 is 34.8 Å². The SMILES string of the molecule is C.CCCC[C@@H](N)CO.CCCC[C@H](CO)Nc1nc(N)nc2c(C)ccnc12.CCCC[C@H](CO)Nc1nc(NCc2ccc(OC)cc2OC)nc2c(C)cc(Cl)nc12.CCCC[C@H](CO)Nc1nc(NCc2ccc(OC)cc2OC)nc2c(C)ccnc12.CCN(C(C)C)C(C)C.COc1ccc(CN)c(OC)c1.Cc1cc(Cl)nc2c(Cl)nc(N)nc12. The van der Waals surface area contributed by atoms with Gasteiger partial charge in [-0.2, -0.15) is 19.9 Å². The quantitative estimate of drug-likeness (QED) is 0.0126. The number of hydrogen-bond donors (Lipinski definition) is 13. The number of hydrogen-bond acceptors (Lipinski definition) is 32. The van der Waals surface area contributed by atoms with Crippen LogP contribution in [0, 0.1) is 27.7 Å². The molecular formula is C92H139Cl3N22O10. The third-order valence-electron chi connectivity index (χ3n) is 20.0. The third kappa shape index (κ3) is 35.0. The molecule has 11 aromatic rings. The summed E-state index contributed by atoms with van der Waals surface area (Å²) in [5, 5.41) is 55.0. The van der Waals surface area contributed by atoms with Gasteiger partial charge in [-0.15, -0.1) is 0 Å². The molecule has 32 nitrogen and oxygen atoms in total. The van der Waals surface area contributed by atoms with Gasteiger partial charge >= 0.3 is 0 Å². The number of halogens is 3. The van der Waals surface area contributed by atoms with E-state index < -0.39 is 0 Å². The van der Waals surface area contributed by atoms with E-state index >= 15 is 0 Å². The summed E-state index contributed by atoms with van der Waals surface area (Å²) in [6.45, 7) is 30.2.